The quantitative estimate of drug-likeness (QED) is 0.881. The van der Waals surface area contributed by atoms with E-state index in [1.807, 2.05) is 30.3 Å². The first-order valence-corrected chi connectivity index (χ1v) is 6.40. The molecule has 1 saturated heterocycles. The van der Waals surface area contributed by atoms with Gasteiger partial charge in [-0.15, -0.1) is 0 Å². The first-order chi connectivity index (χ1) is 8.77. The molecule has 3 nitrogen and oxygen atoms in total. The molecular formula is C15H17NO2. The molecule has 1 aliphatic rings. The molecule has 3 unspecified atom stereocenters. The van der Waals surface area contributed by atoms with E-state index >= 15 is 0 Å². The van der Waals surface area contributed by atoms with E-state index in [9.17, 15) is 5.11 Å². The van der Waals surface area contributed by atoms with Crippen LogP contribution in [-0.4, -0.2) is 22.8 Å². The lowest BCUT2D eigenvalue weighted by atomic mass is 9.93. The van der Waals surface area contributed by atoms with E-state index in [2.05, 4.69) is 11.9 Å². The average molecular weight is 243 g/mol. The third kappa shape index (κ3) is 1.89. The molecule has 3 rings (SSSR count). The van der Waals surface area contributed by atoms with Gasteiger partial charge in [0.05, 0.1) is 11.6 Å². The molecule has 1 aromatic heterocycles. The smallest absolute Gasteiger partial charge is 0.107 e. The van der Waals surface area contributed by atoms with Gasteiger partial charge in [0.15, 0.2) is 0 Å². The van der Waals surface area contributed by atoms with Crippen LogP contribution in [0, 0.1) is 5.92 Å². The minimum absolute atomic E-state index is 0.113. The van der Waals surface area contributed by atoms with Crippen LogP contribution in [0.15, 0.2) is 36.5 Å². The Kier molecular flexibility index (Phi) is 3.02. The number of benzene rings is 1. The summed E-state index contributed by atoms with van der Waals surface area (Å²) in [5.74, 6) is 0.388. The van der Waals surface area contributed by atoms with Gasteiger partial charge in [-0.05, 0) is 18.4 Å². The van der Waals surface area contributed by atoms with Crippen LogP contribution >= 0.6 is 0 Å². The van der Waals surface area contributed by atoms with Crippen LogP contribution in [-0.2, 0) is 4.74 Å². The van der Waals surface area contributed by atoms with Gasteiger partial charge in [-0.2, -0.15) is 0 Å². The summed E-state index contributed by atoms with van der Waals surface area (Å²) in [5, 5.41) is 11.6. The minimum atomic E-state index is -0.596. The van der Waals surface area contributed by atoms with E-state index in [1.54, 1.807) is 6.20 Å². The Labute approximate surface area is 106 Å². The number of ether oxygens (including phenoxy) is 1. The predicted molar refractivity (Wildman–Crippen MR) is 70.2 cm³/mol. The van der Waals surface area contributed by atoms with E-state index in [4.69, 9.17) is 4.74 Å². The molecule has 1 N–H and O–H groups in total. The highest BCUT2D eigenvalue weighted by atomic mass is 16.5. The summed E-state index contributed by atoms with van der Waals surface area (Å²) in [5.41, 5.74) is 1.74. The Morgan fingerprint density at radius 1 is 1.33 bits per heavy atom. The monoisotopic (exact) mass is 243 g/mol. The molecule has 0 radical (unpaired) electrons. The van der Waals surface area contributed by atoms with Crippen molar-refractivity contribution in [1.82, 2.24) is 4.98 Å². The Bertz CT molecular complexity index is 550. The fourth-order valence-electron chi connectivity index (χ4n) is 2.66. The van der Waals surface area contributed by atoms with Crippen LogP contribution in [0.3, 0.4) is 0 Å². The summed E-state index contributed by atoms with van der Waals surface area (Å²) >= 11 is 0. The average Bonchev–Trinajstić information content (AvgIpc) is 2.83. The number of pyridine rings is 1. The molecule has 3 heteroatoms. The zero-order valence-corrected chi connectivity index (χ0v) is 10.4. The van der Waals surface area contributed by atoms with E-state index in [-0.39, 0.29) is 6.10 Å². The lowest BCUT2D eigenvalue weighted by molar-refractivity contribution is -0.0171. The van der Waals surface area contributed by atoms with Crippen molar-refractivity contribution >= 4 is 10.9 Å². The summed E-state index contributed by atoms with van der Waals surface area (Å²) in [6, 6.07) is 9.83. The van der Waals surface area contributed by atoms with Crippen LogP contribution in [0.4, 0.5) is 0 Å². The fourth-order valence-corrected chi connectivity index (χ4v) is 2.66. The zero-order chi connectivity index (χ0) is 12.5. The van der Waals surface area contributed by atoms with Gasteiger partial charge in [0, 0.05) is 23.8 Å². The van der Waals surface area contributed by atoms with Gasteiger partial charge >= 0.3 is 0 Å². The van der Waals surface area contributed by atoms with Crippen LogP contribution in [0.5, 0.6) is 0 Å². The predicted octanol–water partition coefficient (Wildman–Crippen LogP) is 2.69. The molecule has 1 aliphatic heterocycles. The fraction of sp³-hybridized carbons (Fsp3) is 0.400. The van der Waals surface area contributed by atoms with Gasteiger partial charge in [-0.1, -0.05) is 31.2 Å². The van der Waals surface area contributed by atoms with Crippen molar-refractivity contribution in [3.05, 3.63) is 42.1 Å². The largest absolute Gasteiger partial charge is 0.386 e. The number of hydrogen-bond acceptors (Lipinski definition) is 3. The Morgan fingerprint density at radius 2 is 2.17 bits per heavy atom. The van der Waals surface area contributed by atoms with Crippen molar-refractivity contribution in [1.29, 1.82) is 0 Å². The van der Waals surface area contributed by atoms with Crippen molar-refractivity contribution in [2.45, 2.75) is 25.6 Å². The van der Waals surface area contributed by atoms with Gasteiger partial charge in [0.25, 0.3) is 0 Å². The summed E-state index contributed by atoms with van der Waals surface area (Å²) < 4.78 is 5.65. The Morgan fingerprint density at radius 3 is 2.94 bits per heavy atom. The molecule has 0 amide bonds. The number of nitrogens with zero attached hydrogens (tertiary/aromatic N) is 1. The lowest BCUT2D eigenvalue weighted by Crippen LogP contribution is -2.23. The van der Waals surface area contributed by atoms with Crippen molar-refractivity contribution in [3.63, 3.8) is 0 Å². The number of aliphatic hydroxyl groups excluding tert-OH is 1. The van der Waals surface area contributed by atoms with Crippen molar-refractivity contribution < 1.29 is 9.84 Å². The molecule has 2 heterocycles. The second-order valence-corrected chi connectivity index (χ2v) is 4.97. The highest BCUT2D eigenvalue weighted by Crippen LogP contribution is 2.33. The molecule has 2 aromatic rings. The number of aliphatic hydroxyl groups is 1. The van der Waals surface area contributed by atoms with E-state index in [0.717, 1.165) is 29.5 Å². The topological polar surface area (TPSA) is 42.4 Å². The zero-order valence-electron chi connectivity index (χ0n) is 10.4. The van der Waals surface area contributed by atoms with Gasteiger partial charge in [0.1, 0.15) is 6.10 Å². The summed E-state index contributed by atoms with van der Waals surface area (Å²) in [7, 11) is 0. The number of aromatic nitrogens is 1. The molecule has 0 saturated carbocycles. The third-order valence-corrected chi connectivity index (χ3v) is 3.74. The summed E-state index contributed by atoms with van der Waals surface area (Å²) in [6.45, 7) is 2.86. The van der Waals surface area contributed by atoms with Crippen molar-refractivity contribution in [2.75, 3.05) is 6.61 Å². The molecular weight excluding hydrogens is 226 g/mol. The standard InChI is InChI=1S/C15H17NO2/c1-10-7-9-18-15(10)14(17)12-6-2-4-11-5-3-8-16-13(11)12/h2-6,8,10,14-15,17H,7,9H2,1H3. The van der Waals surface area contributed by atoms with Crippen LogP contribution in [0.1, 0.15) is 25.0 Å². The van der Waals surface area contributed by atoms with Crippen LogP contribution < -0.4 is 0 Å². The van der Waals surface area contributed by atoms with Crippen molar-refractivity contribution in [3.8, 4) is 0 Å². The third-order valence-electron chi connectivity index (χ3n) is 3.74. The molecule has 1 aromatic carbocycles. The second-order valence-electron chi connectivity index (χ2n) is 4.97. The number of hydrogen-bond donors (Lipinski definition) is 1. The highest BCUT2D eigenvalue weighted by molar-refractivity contribution is 5.81. The highest BCUT2D eigenvalue weighted by Gasteiger charge is 2.32. The van der Waals surface area contributed by atoms with E-state index in [0.29, 0.717) is 5.92 Å². The van der Waals surface area contributed by atoms with Gasteiger partial charge in [0.2, 0.25) is 0 Å². The maximum atomic E-state index is 10.5. The maximum Gasteiger partial charge on any atom is 0.107 e. The van der Waals surface area contributed by atoms with Gasteiger partial charge < -0.3 is 9.84 Å². The number of rotatable bonds is 2. The second kappa shape index (κ2) is 4.67. The molecule has 94 valence electrons. The first kappa shape index (κ1) is 11.6. The first-order valence-electron chi connectivity index (χ1n) is 6.40. The molecule has 0 spiro atoms. The van der Waals surface area contributed by atoms with Crippen molar-refractivity contribution in [2.24, 2.45) is 5.92 Å². The minimum Gasteiger partial charge on any atom is -0.386 e. The SMILES string of the molecule is CC1CCOC1C(O)c1cccc2cccnc12. The Hall–Kier alpha value is -1.45. The molecule has 18 heavy (non-hydrogen) atoms. The van der Waals surface area contributed by atoms with E-state index < -0.39 is 6.10 Å². The number of fused-ring (bicyclic) bond motifs is 1. The molecule has 3 atom stereocenters. The maximum absolute atomic E-state index is 10.5. The van der Waals surface area contributed by atoms with E-state index in [1.165, 1.54) is 0 Å². The van der Waals surface area contributed by atoms with Gasteiger partial charge in [-0.3, -0.25) is 4.98 Å². The number of para-hydroxylation sites is 1. The molecule has 0 bridgehead atoms. The van der Waals surface area contributed by atoms with Crippen LogP contribution in [0.2, 0.25) is 0 Å². The summed E-state index contributed by atoms with van der Waals surface area (Å²) in [6.07, 6.45) is 2.07. The molecule has 1 fully saturated rings. The normalized spacial score (nSPS) is 25.4. The summed E-state index contributed by atoms with van der Waals surface area (Å²) in [4.78, 5) is 4.38. The van der Waals surface area contributed by atoms with Gasteiger partial charge in [-0.25, -0.2) is 0 Å². The lowest BCUT2D eigenvalue weighted by Gasteiger charge is -2.22. The van der Waals surface area contributed by atoms with Crippen LogP contribution in [0.25, 0.3) is 10.9 Å². The molecule has 0 aliphatic carbocycles. The Balaban J connectivity index is 2.03.